The van der Waals surface area contributed by atoms with Crippen LogP contribution >= 0.6 is 0 Å². The van der Waals surface area contributed by atoms with E-state index in [9.17, 15) is 0 Å². The van der Waals surface area contributed by atoms with Crippen molar-refractivity contribution in [2.75, 3.05) is 19.2 Å². The highest BCUT2D eigenvalue weighted by atomic mass is 16.4. The van der Waals surface area contributed by atoms with Gasteiger partial charge in [0.2, 0.25) is 11.8 Å². The van der Waals surface area contributed by atoms with E-state index < -0.39 is 0 Å². The van der Waals surface area contributed by atoms with E-state index in [1.165, 1.54) is 0 Å². The Kier molecular flexibility index (Phi) is 9.52. The number of benzene rings is 7. The monoisotopic (exact) mass is 950 g/mol. The topological polar surface area (TPSA) is 90.8 Å². The number of pyridine rings is 4. The van der Waals surface area contributed by atoms with Crippen molar-refractivity contribution in [3.63, 3.8) is 0 Å². The molecule has 0 radical (unpaired) electrons. The van der Waals surface area contributed by atoms with Gasteiger partial charge in [0.1, 0.15) is 22.5 Å². The third kappa shape index (κ3) is 6.54. The minimum absolute atomic E-state index is 0.279. The Bertz CT molecular complexity index is 3960. The van der Waals surface area contributed by atoms with Crippen molar-refractivity contribution >= 4 is 115 Å². The van der Waals surface area contributed by atoms with E-state index in [-0.39, 0.29) is 14.0 Å². The molecule has 2 aliphatic heterocycles. The molecule has 12 heteroatoms. The Morgan fingerprint density at radius 2 is 0.662 bits per heavy atom. The lowest BCUT2D eigenvalue weighted by Crippen LogP contribution is -2.53. The summed E-state index contributed by atoms with van der Waals surface area (Å²) in [5.74, 6) is 1.57. The van der Waals surface area contributed by atoms with Gasteiger partial charge in [-0.05, 0) is 106 Å². The van der Waals surface area contributed by atoms with E-state index in [1.54, 1.807) is 0 Å². The van der Waals surface area contributed by atoms with Gasteiger partial charge in [0.15, 0.2) is 0 Å². The molecule has 0 aliphatic carbocycles. The fourth-order valence-electron chi connectivity index (χ4n) is 11.3. The van der Waals surface area contributed by atoms with Gasteiger partial charge in [0.05, 0.1) is 11.0 Å². The molecular formula is C62H40B2N8O2. The van der Waals surface area contributed by atoms with Crippen molar-refractivity contribution in [1.82, 2.24) is 19.9 Å². The third-order valence-corrected chi connectivity index (χ3v) is 14.6. The second-order valence-corrected chi connectivity index (χ2v) is 18.7. The Hall–Kier alpha value is -9.93. The summed E-state index contributed by atoms with van der Waals surface area (Å²) in [6, 6.07) is 72.4. The quantitative estimate of drug-likeness (QED) is 0.137. The van der Waals surface area contributed by atoms with Gasteiger partial charge in [-0.25, -0.2) is 0 Å². The second-order valence-electron chi connectivity index (χ2n) is 18.7. The normalized spacial score (nSPS) is 13.2. The standard InChI is InChI=1S/C62H40B2N8O2/c1-5-13-53-49(9-1)55(33-39-67-53)71-59-51-11-3-7-15-57(51)73-61(59)69(47-29-35-65-36-30-47)63(71)45-25-21-43(22-26-45)41-17-19-42(20-18-41)44-23-27-46(28-24-44)64-70(48-31-37-66-38-32-48)62-60(52-12-4-8-16-58(52)74-62)72(64)56-34-40-68-54-14-6-2-10-50(54)56/h1-40H. The minimum atomic E-state index is -0.279. The molecule has 10 nitrogen and oxygen atoms in total. The van der Waals surface area contributed by atoms with Crippen LogP contribution in [-0.2, 0) is 0 Å². The third-order valence-electron chi connectivity index (χ3n) is 14.6. The van der Waals surface area contributed by atoms with Gasteiger partial charge in [0.25, 0.3) is 0 Å². The first-order valence-corrected chi connectivity index (χ1v) is 24.7. The van der Waals surface area contributed by atoms with E-state index in [0.29, 0.717) is 0 Å². The summed E-state index contributed by atoms with van der Waals surface area (Å²) < 4.78 is 13.6. The molecular weight excluding hydrogens is 910 g/mol. The van der Waals surface area contributed by atoms with E-state index in [0.717, 1.165) is 123 Å². The lowest BCUT2D eigenvalue weighted by Gasteiger charge is -2.30. The molecule has 0 fully saturated rings. The van der Waals surface area contributed by atoms with Gasteiger partial charge in [-0.2, -0.15) is 0 Å². The maximum atomic E-state index is 6.79. The van der Waals surface area contributed by atoms with E-state index in [1.807, 2.05) is 97.8 Å². The summed E-state index contributed by atoms with van der Waals surface area (Å²) in [5.41, 5.74) is 16.3. The molecule has 13 aromatic rings. The van der Waals surface area contributed by atoms with Crippen LogP contribution in [0.25, 0.3) is 66.0 Å². The first-order chi connectivity index (χ1) is 36.7. The molecule has 346 valence electrons. The zero-order chi connectivity index (χ0) is 48.7. The summed E-state index contributed by atoms with van der Waals surface area (Å²) in [5, 5.41) is 4.21. The van der Waals surface area contributed by atoms with Crippen LogP contribution in [-0.4, -0.2) is 33.9 Å². The van der Waals surface area contributed by atoms with Crippen molar-refractivity contribution in [2.24, 2.45) is 0 Å². The number of nitrogens with zero attached hydrogens (tertiary/aromatic N) is 8. The average molecular weight is 951 g/mol. The van der Waals surface area contributed by atoms with E-state index >= 15 is 0 Å². The predicted octanol–water partition coefficient (Wildman–Crippen LogP) is 13.8. The molecule has 0 saturated carbocycles. The highest BCUT2D eigenvalue weighted by molar-refractivity contribution is 6.85. The number of anilines is 8. The molecule has 2 aliphatic rings. The Morgan fingerprint density at radius 1 is 0.311 bits per heavy atom. The summed E-state index contributed by atoms with van der Waals surface area (Å²) in [6.45, 7) is -0.559. The zero-order valence-electron chi connectivity index (χ0n) is 39.6. The number of hydrogen-bond donors (Lipinski definition) is 0. The number of fused-ring (bicyclic) bond motifs is 8. The zero-order valence-corrected chi connectivity index (χ0v) is 39.6. The molecule has 0 N–H and O–H groups in total. The smallest absolute Gasteiger partial charge is 0.423 e. The molecule has 74 heavy (non-hydrogen) atoms. The largest absolute Gasteiger partial charge is 0.439 e. The minimum Gasteiger partial charge on any atom is -0.439 e. The molecule has 0 unspecified atom stereocenters. The van der Waals surface area contributed by atoms with Crippen molar-refractivity contribution in [1.29, 1.82) is 0 Å². The van der Waals surface area contributed by atoms with Crippen LogP contribution in [0.2, 0.25) is 0 Å². The van der Waals surface area contributed by atoms with E-state index in [4.69, 9.17) is 18.8 Å². The number of para-hydroxylation sites is 4. The van der Waals surface area contributed by atoms with Crippen LogP contribution in [0.15, 0.2) is 252 Å². The summed E-state index contributed by atoms with van der Waals surface area (Å²) >= 11 is 0. The highest BCUT2D eigenvalue weighted by Gasteiger charge is 2.49. The van der Waals surface area contributed by atoms with Gasteiger partial charge in [-0.1, -0.05) is 133 Å². The molecule has 6 aromatic heterocycles. The number of hydrogen-bond acceptors (Lipinski definition) is 10. The van der Waals surface area contributed by atoms with Gasteiger partial charge in [0, 0.05) is 81.5 Å². The average Bonchev–Trinajstić information content (AvgIpc) is 4.22. The Labute approximate surface area is 426 Å². The fraction of sp³-hybridized carbons (Fsp3) is 0. The second kappa shape index (κ2) is 16.9. The molecule has 15 rings (SSSR count). The Morgan fingerprint density at radius 3 is 1.07 bits per heavy atom. The van der Waals surface area contributed by atoms with Gasteiger partial charge >= 0.3 is 14.0 Å². The summed E-state index contributed by atoms with van der Waals surface area (Å²) in [7, 11) is 0. The van der Waals surface area contributed by atoms with Crippen LogP contribution in [0, 0.1) is 0 Å². The van der Waals surface area contributed by atoms with Crippen molar-refractivity contribution < 1.29 is 8.83 Å². The lowest BCUT2D eigenvalue weighted by atomic mass is 9.64. The highest BCUT2D eigenvalue weighted by Crippen LogP contribution is 2.54. The molecule has 0 atom stereocenters. The van der Waals surface area contributed by atoms with Crippen LogP contribution in [0.5, 0.6) is 0 Å². The van der Waals surface area contributed by atoms with Gasteiger partial charge in [-0.15, -0.1) is 0 Å². The molecule has 0 amide bonds. The number of aromatic nitrogens is 4. The number of rotatable bonds is 8. The summed E-state index contributed by atoms with van der Waals surface area (Å²) in [4.78, 5) is 27.7. The molecule has 0 bridgehead atoms. The van der Waals surface area contributed by atoms with Crippen molar-refractivity contribution in [3.05, 3.63) is 243 Å². The van der Waals surface area contributed by atoms with E-state index in [2.05, 4.69) is 175 Å². The number of furan rings is 2. The van der Waals surface area contributed by atoms with Crippen LogP contribution in [0.1, 0.15) is 0 Å². The SMILES string of the molecule is c1ccc2c(N3B(c4ccc(-c5ccc(-c6ccc(B7N(c8ccncc8)c8oc9ccccc9c8N7c7ccnc8ccccc78)cc6)cc5)cc4)N(c4ccncc4)c4oc5ccccc5c43)ccnc2c1. The van der Waals surface area contributed by atoms with Crippen molar-refractivity contribution in [3.8, 4) is 22.3 Å². The van der Waals surface area contributed by atoms with Gasteiger partial charge < -0.3 is 28.1 Å². The molecule has 0 saturated heterocycles. The maximum absolute atomic E-state index is 6.79. The fourth-order valence-corrected chi connectivity index (χ4v) is 11.3. The molecule has 0 spiro atoms. The predicted molar refractivity (Wildman–Crippen MR) is 301 cm³/mol. The molecule has 8 heterocycles. The summed E-state index contributed by atoms with van der Waals surface area (Å²) in [6.07, 6.45) is 11.1. The van der Waals surface area contributed by atoms with Crippen LogP contribution in [0.3, 0.4) is 0 Å². The molecule has 7 aromatic carbocycles. The first kappa shape index (κ1) is 41.8. The maximum Gasteiger partial charge on any atom is 0.423 e. The Balaban J connectivity index is 0.778. The first-order valence-electron chi connectivity index (χ1n) is 24.7. The van der Waals surface area contributed by atoms with Crippen LogP contribution in [0.4, 0.5) is 45.9 Å². The van der Waals surface area contributed by atoms with Crippen LogP contribution < -0.4 is 30.2 Å². The van der Waals surface area contributed by atoms with Crippen molar-refractivity contribution in [2.45, 2.75) is 0 Å². The van der Waals surface area contributed by atoms with Gasteiger partial charge in [-0.3, -0.25) is 19.9 Å². The lowest BCUT2D eigenvalue weighted by molar-refractivity contribution is 0.627.